The van der Waals surface area contributed by atoms with Crippen LogP contribution in [0.1, 0.15) is 52.6 Å². The molecular formula is C18H12Br2O8. The summed E-state index contributed by atoms with van der Waals surface area (Å²) in [6.45, 7) is 0. The summed E-state index contributed by atoms with van der Waals surface area (Å²) in [6, 6.07) is 4.38. The highest BCUT2D eigenvalue weighted by molar-refractivity contribution is 9.08. The van der Waals surface area contributed by atoms with Gasteiger partial charge in [-0.2, -0.15) is 0 Å². The second-order valence-corrected chi connectivity index (χ2v) is 6.73. The maximum absolute atomic E-state index is 11.8. The zero-order valence-corrected chi connectivity index (χ0v) is 17.1. The van der Waals surface area contributed by atoms with Crippen LogP contribution >= 0.6 is 31.9 Å². The van der Waals surface area contributed by atoms with Crippen molar-refractivity contribution in [3.63, 3.8) is 0 Å². The maximum Gasteiger partial charge on any atom is 0.336 e. The van der Waals surface area contributed by atoms with Gasteiger partial charge in [0.15, 0.2) is 0 Å². The molecule has 0 aliphatic carbocycles. The van der Waals surface area contributed by atoms with Gasteiger partial charge in [-0.3, -0.25) is 0 Å². The minimum atomic E-state index is -1.44. The van der Waals surface area contributed by atoms with Gasteiger partial charge in [0.25, 0.3) is 0 Å². The Morgan fingerprint density at radius 3 is 1.14 bits per heavy atom. The van der Waals surface area contributed by atoms with Crippen molar-refractivity contribution in [2.24, 2.45) is 0 Å². The van der Waals surface area contributed by atoms with Crippen LogP contribution < -0.4 is 0 Å². The van der Waals surface area contributed by atoms with Crippen molar-refractivity contribution >= 4 is 55.7 Å². The average molecular weight is 516 g/mol. The van der Waals surface area contributed by atoms with Crippen molar-refractivity contribution in [3.8, 4) is 11.1 Å². The Bertz CT molecular complexity index is 932. The van der Waals surface area contributed by atoms with E-state index in [2.05, 4.69) is 31.9 Å². The number of carbonyl (C=O) groups is 4. The van der Waals surface area contributed by atoms with Crippen molar-refractivity contribution in [3.05, 3.63) is 57.6 Å². The van der Waals surface area contributed by atoms with Crippen LogP contribution in [0.2, 0.25) is 0 Å². The molecule has 0 bridgehead atoms. The van der Waals surface area contributed by atoms with E-state index in [0.29, 0.717) is 0 Å². The van der Waals surface area contributed by atoms with E-state index in [-0.39, 0.29) is 44.0 Å². The lowest BCUT2D eigenvalue weighted by Gasteiger charge is -2.18. The van der Waals surface area contributed by atoms with Crippen LogP contribution in [0.3, 0.4) is 0 Å². The summed E-state index contributed by atoms with van der Waals surface area (Å²) >= 11 is 6.36. The van der Waals surface area contributed by atoms with Gasteiger partial charge in [-0.15, -0.1) is 0 Å². The van der Waals surface area contributed by atoms with Crippen molar-refractivity contribution in [2.75, 3.05) is 0 Å². The fraction of sp³-hybridized carbons (Fsp3) is 0.111. The van der Waals surface area contributed by atoms with Crippen molar-refractivity contribution < 1.29 is 39.6 Å². The number of carboxylic acid groups (broad SMARTS) is 4. The van der Waals surface area contributed by atoms with Gasteiger partial charge < -0.3 is 20.4 Å². The van der Waals surface area contributed by atoms with E-state index in [1.807, 2.05) is 0 Å². The first-order valence-electron chi connectivity index (χ1n) is 7.51. The standard InChI is InChI=1S/C18H12Br2O8/c19-5-9-1-7(15(21)22)3-11(17(25)26)13(9)14-10(6-20)2-8(16(23)24)4-12(14)18(27)28/h1-4H,5-6H2,(H,21,22)(H,23,24)(H,25,26)(H,27,28). The van der Waals surface area contributed by atoms with Gasteiger partial charge in [0.05, 0.1) is 22.3 Å². The first kappa shape index (κ1) is 21.6. The van der Waals surface area contributed by atoms with Crippen LogP contribution in [0.4, 0.5) is 0 Å². The number of halogens is 2. The molecule has 0 aromatic heterocycles. The van der Waals surface area contributed by atoms with E-state index in [1.165, 1.54) is 12.1 Å². The lowest BCUT2D eigenvalue weighted by atomic mass is 9.86. The Labute approximate surface area is 174 Å². The molecule has 0 saturated carbocycles. The Hall–Kier alpha value is -2.72. The predicted molar refractivity (Wildman–Crippen MR) is 105 cm³/mol. The second kappa shape index (κ2) is 8.53. The molecule has 10 heteroatoms. The SMILES string of the molecule is O=C(O)c1cc(CBr)c(-c2c(CBr)cc(C(=O)O)cc2C(=O)O)c(C(=O)O)c1. The summed E-state index contributed by atoms with van der Waals surface area (Å²) in [5.74, 6) is -5.56. The number of benzene rings is 2. The van der Waals surface area contributed by atoms with E-state index in [1.54, 1.807) is 0 Å². The van der Waals surface area contributed by atoms with Crippen LogP contribution in [0.15, 0.2) is 24.3 Å². The lowest BCUT2D eigenvalue weighted by molar-refractivity contribution is 0.0675. The van der Waals surface area contributed by atoms with Gasteiger partial charge in [0, 0.05) is 21.8 Å². The Morgan fingerprint density at radius 2 is 0.929 bits per heavy atom. The smallest absolute Gasteiger partial charge is 0.336 e. The number of aromatic carboxylic acids is 4. The molecule has 0 radical (unpaired) electrons. The monoisotopic (exact) mass is 514 g/mol. The third-order valence-electron chi connectivity index (χ3n) is 3.93. The summed E-state index contributed by atoms with van der Waals surface area (Å²) in [5.41, 5.74) is -0.833. The number of carboxylic acids is 4. The molecule has 2 rings (SSSR count). The van der Waals surface area contributed by atoms with Crippen molar-refractivity contribution in [1.29, 1.82) is 0 Å². The molecule has 0 fully saturated rings. The second-order valence-electron chi connectivity index (χ2n) is 5.60. The zero-order chi connectivity index (χ0) is 21.2. The molecule has 0 aliphatic rings. The van der Waals surface area contributed by atoms with Gasteiger partial charge >= 0.3 is 23.9 Å². The fourth-order valence-corrected chi connectivity index (χ4v) is 3.67. The highest BCUT2D eigenvalue weighted by Crippen LogP contribution is 2.37. The molecular weight excluding hydrogens is 504 g/mol. The minimum Gasteiger partial charge on any atom is -0.478 e. The van der Waals surface area contributed by atoms with Gasteiger partial charge in [0.1, 0.15) is 0 Å². The van der Waals surface area contributed by atoms with Crippen molar-refractivity contribution in [1.82, 2.24) is 0 Å². The minimum absolute atomic E-state index is 0.0122. The molecule has 0 aliphatic heterocycles. The van der Waals surface area contributed by atoms with E-state index in [4.69, 9.17) is 0 Å². The van der Waals surface area contributed by atoms with Crippen LogP contribution in [-0.4, -0.2) is 44.3 Å². The van der Waals surface area contributed by atoms with E-state index in [0.717, 1.165) is 12.1 Å². The zero-order valence-electron chi connectivity index (χ0n) is 13.9. The highest BCUT2D eigenvalue weighted by Gasteiger charge is 2.26. The van der Waals surface area contributed by atoms with E-state index < -0.39 is 35.0 Å². The average Bonchev–Trinajstić information content (AvgIpc) is 2.65. The molecule has 4 N–H and O–H groups in total. The first-order valence-corrected chi connectivity index (χ1v) is 9.75. The van der Waals surface area contributed by atoms with Crippen molar-refractivity contribution in [2.45, 2.75) is 10.7 Å². The molecule has 0 amide bonds. The number of hydrogen-bond donors (Lipinski definition) is 4. The molecule has 8 nitrogen and oxygen atoms in total. The molecule has 0 atom stereocenters. The van der Waals surface area contributed by atoms with Gasteiger partial charge in [-0.1, -0.05) is 31.9 Å². The van der Waals surface area contributed by atoms with E-state index in [9.17, 15) is 39.6 Å². The summed E-state index contributed by atoms with van der Waals surface area (Å²) in [6.07, 6.45) is 0. The highest BCUT2D eigenvalue weighted by atomic mass is 79.9. The van der Waals surface area contributed by atoms with Gasteiger partial charge in [0.2, 0.25) is 0 Å². The summed E-state index contributed by atoms with van der Waals surface area (Å²) < 4.78 is 0. The molecule has 0 saturated heterocycles. The normalized spacial score (nSPS) is 10.5. The number of hydrogen-bond acceptors (Lipinski definition) is 4. The quantitative estimate of drug-likeness (QED) is 0.405. The van der Waals surface area contributed by atoms with Crippen LogP contribution in [0.25, 0.3) is 11.1 Å². The Balaban J connectivity index is 3.05. The largest absolute Gasteiger partial charge is 0.478 e. The summed E-state index contributed by atoms with van der Waals surface area (Å²) in [7, 11) is 0. The molecule has 0 unspecified atom stereocenters. The van der Waals surface area contributed by atoms with Gasteiger partial charge in [-0.05, 0) is 35.4 Å². The van der Waals surface area contributed by atoms with Crippen LogP contribution in [-0.2, 0) is 10.7 Å². The fourth-order valence-electron chi connectivity index (χ4n) is 2.79. The maximum atomic E-state index is 11.8. The Kier molecular flexibility index (Phi) is 6.57. The molecule has 0 heterocycles. The molecule has 0 spiro atoms. The Morgan fingerprint density at radius 1 is 0.607 bits per heavy atom. The van der Waals surface area contributed by atoms with Gasteiger partial charge in [-0.25, -0.2) is 19.2 Å². The molecule has 28 heavy (non-hydrogen) atoms. The van der Waals surface area contributed by atoms with Crippen LogP contribution in [0.5, 0.6) is 0 Å². The first-order chi connectivity index (χ1) is 13.1. The third kappa shape index (κ3) is 4.07. The third-order valence-corrected chi connectivity index (χ3v) is 5.14. The topological polar surface area (TPSA) is 149 Å². The predicted octanol–water partition coefficient (Wildman–Crippen LogP) is 3.94. The summed E-state index contributed by atoms with van der Waals surface area (Å²) in [4.78, 5) is 46.3. The molecule has 2 aromatic rings. The molecule has 146 valence electrons. The molecule has 2 aromatic carbocycles. The lowest BCUT2D eigenvalue weighted by Crippen LogP contribution is -2.12. The number of alkyl halides is 2. The van der Waals surface area contributed by atoms with Crippen LogP contribution in [0, 0.1) is 0 Å². The van der Waals surface area contributed by atoms with E-state index >= 15 is 0 Å². The summed E-state index contributed by atoms with van der Waals surface area (Å²) in [5, 5.41) is 37.8. The number of rotatable bonds is 7.